The Morgan fingerprint density at radius 1 is 1.47 bits per heavy atom. The number of carboxylic acids is 1. The van der Waals surface area contributed by atoms with Crippen LogP contribution < -0.4 is 4.31 Å². The maximum atomic E-state index is 11.5. The summed E-state index contributed by atoms with van der Waals surface area (Å²) in [4.78, 5) is 10.7. The minimum atomic E-state index is -3.29. The fourth-order valence-corrected chi connectivity index (χ4v) is 2.86. The van der Waals surface area contributed by atoms with Gasteiger partial charge in [-0.25, -0.2) is 13.2 Å². The Labute approximate surface area is 87.0 Å². The van der Waals surface area contributed by atoms with Gasteiger partial charge in [-0.2, -0.15) is 0 Å². The monoisotopic (exact) mass is 227 g/mol. The molecule has 0 amide bonds. The molecule has 0 atom stereocenters. The van der Waals surface area contributed by atoms with Crippen LogP contribution in [0.2, 0.25) is 0 Å². The first kappa shape index (κ1) is 9.97. The van der Waals surface area contributed by atoms with Gasteiger partial charge in [-0.3, -0.25) is 4.31 Å². The number of carbonyl (C=O) groups is 1. The highest BCUT2D eigenvalue weighted by Gasteiger charge is 2.30. The van der Waals surface area contributed by atoms with Crippen molar-refractivity contribution in [2.45, 2.75) is 5.75 Å². The van der Waals surface area contributed by atoms with Gasteiger partial charge in [0.05, 0.1) is 17.0 Å². The van der Waals surface area contributed by atoms with Crippen LogP contribution in [-0.4, -0.2) is 26.5 Å². The number of sulfonamides is 1. The molecule has 80 valence electrons. The van der Waals surface area contributed by atoms with Crippen molar-refractivity contribution in [1.29, 1.82) is 0 Å². The quantitative estimate of drug-likeness (QED) is 0.765. The summed E-state index contributed by atoms with van der Waals surface area (Å²) in [6.45, 7) is 0. The largest absolute Gasteiger partial charge is 0.478 e. The van der Waals surface area contributed by atoms with Gasteiger partial charge in [0.2, 0.25) is 10.0 Å². The van der Waals surface area contributed by atoms with Crippen molar-refractivity contribution in [3.63, 3.8) is 0 Å². The van der Waals surface area contributed by atoms with Gasteiger partial charge < -0.3 is 5.11 Å². The molecular formula is C9H9NO4S. The van der Waals surface area contributed by atoms with Crippen LogP contribution >= 0.6 is 0 Å². The first-order valence-electron chi connectivity index (χ1n) is 4.24. The van der Waals surface area contributed by atoms with E-state index in [2.05, 4.69) is 0 Å². The zero-order valence-electron chi connectivity index (χ0n) is 7.97. The van der Waals surface area contributed by atoms with Crippen molar-refractivity contribution in [1.82, 2.24) is 0 Å². The van der Waals surface area contributed by atoms with Crippen LogP contribution in [0.5, 0.6) is 0 Å². The van der Waals surface area contributed by atoms with Crippen LogP contribution in [0, 0.1) is 0 Å². The van der Waals surface area contributed by atoms with Crippen LogP contribution in [0.1, 0.15) is 15.9 Å². The first-order chi connectivity index (χ1) is 6.92. The van der Waals surface area contributed by atoms with Gasteiger partial charge >= 0.3 is 5.97 Å². The molecule has 15 heavy (non-hydrogen) atoms. The highest BCUT2D eigenvalue weighted by Crippen LogP contribution is 2.32. The zero-order valence-corrected chi connectivity index (χ0v) is 8.78. The Bertz CT molecular complexity index is 535. The summed E-state index contributed by atoms with van der Waals surface area (Å²) in [7, 11) is -1.86. The summed E-state index contributed by atoms with van der Waals surface area (Å²) >= 11 is 0. The Balaban J connectivity index is 2.58. The molecular weight excluding hydrogens is 218 g/mol. The molecule has 1 aliphatic rings. The van der Waals surface area contributed by atoms with E-state index in [0.717, 1.165) is 4.31 Å². The summed E-state index contributed by atoms with van der Waals surface area (Å²) in [5.74, 6) is -1.12. The number of rotatable bonds is 1. The van der Waals surface area contributed by atoms with Crippen LogP contribution in [0.15, 0.2) is 18.2 Å². The van der Waals surface area contributed by atoms with E-state index < -0.39 is 16.0 Å². The van der Waals surface area contributed by atoms with Crippen molar-refractivity contribution >= 4 is 21.7 Å². The number of hydrogen-bond acceptors (Lipinski definition) is 3. The lowest BCUT2D eigenvalue weighted by molar-refractivity contribution is 0.0697. The van der Waals surface area contributed by atoms with Crippen molar-refractivity contribution in [3.05, 3.63) is 29.3 Å². The summed E-state index contributed by atoms with van der Waals surface area (Å²) < 4.78 is 24.1. The molecule has 0 unspecified atom stereocenters. The van der Waals surface area contributed by atoms with Crippen molar-refractivity contribution in [2.75, 3.05) is 11.4 Å². The fourth-order valence-electron chi connectivity index (χ4n) is 1.56. The number of benzene rings is 1. The minimum Gasteiger partial charge on any atom is -0.478 e. The third-order valence-corrected chi connectivity index (χ3v) is 4.13. The topological polar surface area (TPSA) is 74.7 Å². The molecule has 2 rings (SSSR count). The van der Waals surface area contributed by atoms with Gasteiger partial charge in [0.25, 0.3) is 0 Å². The third-order valence-electron chi connectivity index (χ3n) is 2.43. The zero-order chi connectivity index (χ0) is 11.2. The fraction of sp³-hybridized carbons (Fsp3) is 0.222. The molecule has 0 fully saturated rings. The Morgan fingerprint density at radius 3 is 2.73 bits per heavy atom. The Hall–Kier alpha value is -1.56. The summed E-state index contributed by atoms with van der Waals surface area (Å²) in [6, 6.07) is 4.33. The lowest BCUT2D eigenvalue weighted by atomic mass is 10.1. The van der Waals surface area contributed by atoms with Gasteiger partial charge in [0.1, 0.15) is 0 Å². The molecule has 0 radical (unpaired) electrons. The molecule has 1 aliphatic heterocycles. The predicted molar refractivity (Wildman–Crippen MR) is 54.4 cm³/mol. The van der Waals surface area contributed by atoms with Crippen LogP contribution in [0.25, 0.3) is 0 Å². The average molecular weight is 227 g/mol. The number of nitrogens with zero attached hydrogens (tertiary/aromatic N) is 1. The number of fused-ring (bicyclic) bond motifs is 1. The van der Waals surface area contributed by atoms with Gasteiger partial charge in [-0.05, 0) is 17.7 Å². The Morgan fingerprint density at radius 2 is 2.13 bits per heavy atom. The molecule has 0 aliphatic carbocycles. The number of hydrogen-bond donors (Lipinski definition) is 1. The third kappa shape index (κ3) is 1.46. The summed E-state index contributed by atoms with van der Waals surface area (Å²) in [5.41, 5.74) is 1.19. The molecule has 1 aromatic rings. The predicted octanol–water partition coefficient (Wildman–Crippen LogP) is 0.664. The van der Waals surface area contributed by atoms with Crippen molar-refractivity contribution in [2.24, 2.45) is 0 Å². The van der Waals surface area contributed by atoms with Gasteiger partial charge in [0.15, 0.2) is 0 Å². The van der Waals surface area contributed by atoms with E-state index in [9.17, 15) is 13.2 Å². The molecule has 0 saturated heterocycles. The van der Waals surface area contributed by atoms with E-state index in [-0.39, 0.29) is 11.3 Å². The molecule has 0 aromatic heterocycles. The molecule has 0 saturated carbocycles. The van der Waals surface area contributed by atoms with E-state index >= 15 is 0 Å². The number of aromatic carboxylic acids is 1. The van der Waals surface area contributed by atoms with Gasteiger partial charge in [0, 0.05) is 7.05 Å². The van der Waals surface area contributed by atoms with E-state index in [1.807, 2.05) is 0 Å². The second-order valence-corrected chi connectivity index (χ2v) is 5.37. The highest BCUT2D eigenvalue weighted by atomic mass is 32.2. The van der Waals surface area contributed by atoms with Gasteiger partial charge in [-0.1, -0.05) is 6.07 Å². The van der Waals surface area contributed by atoms with Crippen molar-refractivity contribution in [3.8, 4) is 0 Å². The maximum Gasteiger partial charge on any atom is 0.335 e. The maximum absolute atomic E-state index is 11.5. The van der Waals surface area contributed by atoms with Crippen LogP contribution in [0.3, 0.4) is 0 Å². The number of carboxylic acid groups (broad SMARTS) is 1. The Kier molecular flexibility index (Phi) is 1.97. The van der Waals surface area contributed by atoms with Gasteiger partial charge in [-0.15, -0.1) is 0 Å². The minimum absolute atomic E-state index is 0.0568. The molecule has 1 aromatic carbocycles. The molecule has 0 spiro atoms. The second kappa shape index (κ2) is 2.96. The second-order valence-electron chi connectivity index (χ2n) is 3.37. The normalized spacial score (nSPS) is 17.5. The van der Waals surface area contributed by atoms with Crippen LogP contribution in [-0.2, 0) is 15.8 Å². The molecule has 1 N–H and O–H groups in total. The van der Waals surface area contributed by atoms with E-state index in [1.54, 1.807) is 6.07 Å². The lowest BCUT2D eigenvalue weighted by Crippen LogP contribution is -2.21. The lowest BCUT2D eigenvalue weighted by Gasteiger charge is -2.11. The van der Waals surface area contributed by atoms with E-state index in [4.69, 9.17) is 5.11 Å². The summed E-state index contributed by atoms with van der Waals surface area (Å²) in [5, 5.41) is 8.76. The van der Waals surface area contributed by atoms with Crippen molar-refractivity contribution < 1.29 is 18.3 Å². The highest BCUT2D eigenvalue weighted by molar-refractivity contribution is 7.92. The standard InChI is InChI=1S/C9H9NO4S/c1-10-8-4-6(9(11)12)2-3-7(8)5-15(10,13)14/h2-4H,5H2,1H3,(H,11,12). The SMILES string of the molecule is CN1c2cc(C(=O)O)ccc2CS1(=O)=O. The van der Waals surface area contributed by atoms with E-state index in [0.29, 0.717) is 11.3 Å². The first-order valence-corrected chi connectivity index (χ1v) is 5.85. The number of anilines is 1. The summed E-state index contributed by atoms with van der Waals surface area (Å²) in [6.07, 6.45) is 0. The molecule has 6 heteroatoms. The molecule has 5 nitrogen and oxygen atoms in total. The van der Waals surface area contributed by atoms with E-state index in [1.165, 1.54) is 19.2 Å². The molecule has 1 heterocycles. The average Bonchev–Trinajstić information content (AvgIpc) is 2.37. The van der Waals surface area contributed by atoms with Crippen LogP contribution in [0.4, 0.5) is 5.69 Å². The smallest absolute Gasteiger partial charge is 0.335 e. The molecule has 0 bridgehead atoms.